The molecular weight excluding hydrogens is 239 g/mol. The minimum atomic E-state index is -0.373. The molecule has 0 atom stereocenters. The van der Waals surface area contributed by atoms with E-state index in [9.17, 15) is 9.18 Å². The number of H-pyrrole nitrogens is 1. The third-order valence-electron chi connectivity index (χ3n) is 1.95. The highest BCUT2D eigenvalue weighted by molar-refractivity contribution is 9.10. The summed E-state index contributed by atoms with van der Waals surface area (Å²) in [5, 5.41) is 0. The van der Waals surface area contributed by atoms with Crippen LogP contribution in [-0.2, 0) is 7.05 Å². The number of hydrogen-bond donors (Lipinski definition) is 1. The van der Waals surface area contributed by atoms with E-state index in [4.69, 9.17) is 0 Å². The quantitative estimate of drug-likeness (QED) is 0.754. The van der Waals surface area contributed by atoms with Crippen molar-refractivity contribution in [1.82, 2.24) is 9.55 Å². The van der Waals surface area contributed by atoms with Crippen LogP contribution in [0.25, 0.3) is 11.0 Å². The van der Waals surface area contributed by atoms with Crippen LogP contribution in [0, 0.1) is 5.82 Å². The van der Waals surface area contributed by atoms with Crippen molar-refractivity contribution >= 4 is 27.0 Å². The predicted octanol–water partition coefficient (Wildman–Crippen LogP) is 1.77. The van der Waals surface area contributed by atoms with Crippen molar-refractivity contribution in [3.63, 3.8) is 0 Å². The van der Waals surface area contributed by atoms with E-state index in [1.807, 2.05) is 0 Å². The zero-order valence-electron chi connectivity index (χ0n) is 6.77. The van der Waals surface area contributed by atoms with E-state index in [1.54, 1.807) is 13.1 Å². The molecule has 0 saturated heterocycles. The van der Waals surface area contributed by atoms with Gasteiger partial charge in [-0.2, -0.15) is 0 Å². The fraction of sp³-hybridized carbons (Fsp3) is 0.125. The monoisotopic (exact) mass is 244 g/mol. The van der Waals surface area contributed by atoms with Gasteiger partial charge in [-0.1, -0.05) is 0 Å². The maximum Gasteiger partial charge on any atom is 0.326 e. The summed E-state index contributed by atoms with van der Waals surface area (Å²) in [5.41, 5.74) is 0.943. The number of nitrogens with zero attached hydrogens (tertiary/aromatic N) is 1. The molecule has 0 unspecified atom stereocenters. The highest BCUT2D eigenvalue weighted by Gasteiger charge is 2.06. The maximum atomic E-state index is 13.1. The van der Waals surface area contributed by atoms with E-state index in [0.717, 1.165) is 0 Å². The molecule has 0 aliphatic heterocycles. The number of aromatic amines is 1. The van der Waals surface area contributed by atoms with Crippen LogP contribution in [0.2, 0.25) is 0 Å². The molecule has 0 aliphatic rings. The van der Waals surface area contributed by atoms with E-state index in [2.05, 4.69) is 20.9 Å². The summed E-state index contributed by atoms with van der Waals surface area (Å²) in [6, 6.07) is 2.86. The number of nitrogens with one attached hydrogen (secondary N) is 1. The molecule has 1 heterocycles. The first-order valence-corrected chi connectivity index (χ1v) is 4.42. The topological polar surface area (TPSA) is 37.8 Å². The van der Waals surface area contributed by atoms with Crippen molar-refractivity contribution in [3.05, 3.63) is 32.9 Å². The second-order valence-corrected chi connectivity index (χ2v) is 3.63. The predicted molar refractivity (Wildman–Crippen MR) is 51.2 cm³/mol. The minimum Gasteiger partial charge on any atom is -0.306 e. The summed E-state index contributed by atoms with van der Waals surface area (Å²) in [5.74, 6) is -0.373. The molecule has 0 bridgehead atoms. The zero-order chi connectivity index (χ0) is 9.59. The molecule has 2 rings (SSSR count). The van der Waals surface area contributed by atoms with Crippen LogP contribution in [0.4, 0.5) is 4.39 Å². The number of aromatic nitrogens is 2. The van der Waals surface area contributed by atoms with E-state index >= 15 is 0 Å². The minimum absolute atomic E-state index is 0.243. The molecule has 0 fully saturated rings. The number of benzene rings is 1. The largest absolute Gasteiger partial charge is 0.326 e. The second kappa shape index (κ2) is 2.70. The Morgan fingerprint density at radius 1 is 1.54 bits per heavy atom. The third kappa shape index (κ3) is 1.19. The van der Waals surface area contributed by atoms with Crippen LogP contribution in [0.1, 0.15) is 0 Å². The molecule has 1 N–H and O–H groups in total. The van der Waals surface area contributed by atoms with Crippen LogP contribution in [0.3, 0.4) is 0 Å². The van der Waals surface area contributed by atoms with Crippen LogP contribution in [0.5, 0.6) is 0 Å². The van der Waals surface area contributed by atoms with Gasteiger partial charge in [0.15, 0.2) is 0 Å². The Morgan fingerprint density at radius 2 is 2.23 bits per heavy atom. The number of halogens is 2. The first-order chi connectivity index (χ1) is 6.09. The first-order valence-electron chi connectivity index (χ1n) is 3.63. The Morgan fingerprint density at radius 3 is 2.92 bits per heavy atom. The number of hydrogen-bond acceptors (Lipinski definition) is 1. The summed E-state index contributed by atoms with van der Waals surface area (Å²) in [6.07, 6.45) is 0. The van der Waals surface area contributed by atoms with Gasteiger partial charge in [-0.05, 0) is 22.0 Å². The molecule has 0 spiro atoms. The van der Waals surface area contributed by atoms with Gasteiger partial charge in [0.2, 0.25) is 0 Å². The highest BCUT2D eigenvalue weighted by Crippen LogP contribution is 2.20. The van der Waals surface area contributed by atoms with Gasteiger partial charge < -0.3 is 4.98 Å². The molecule has 1 aromatic heterocycles. The van der Waals surface area contributed by atoms with Gasteiger partial charge in [0.1, 0.15) is 5.82 Å². The van der Waals surface area contributed by atoms with Gasteiger partial charge in [0, 0.05) is 13.1 Å². The van der Waals surface area contributed by atoms with Gasteiger partial charge in [0.05, 0.1) is 15.5 Å². The van der Waals surface area contributed by atoms with Crippen LogP contribution in [0.15, 0.2) is 21.4 Å². The Bertz CT molecular complexity index is 529. The number of fused-ring (bicyclic) bond motifs is 1. The average Bonchev–Trinajstić information content (AvgIpc) is 2.32. The lowest BCUT2D eigenvalue weighted by molar-refractivity contribution is 0.622. The number of rotatable bonds is 0. The smallest absolute Gasteiger partial charge is 0.306 e. The molecule has 13 heavy (non-hydrogen) atoms. The van der Waals surface area contributed by atoms with Gasteiger partial charge >= 0.3 is 5.69 Å². The van der Waals surface area contributed by atoms with Gasteiger partial charge in [-0.3, -0.25) is 4.57 Å². The number of imidazole rings is 1. The average molecular weight is 245 g/mol. The second-order valence-electron chi connectivity index (χ2n) is 2.77. The van der Waals surface area contributed by atoms with Crippen molar-refractivity contribution in [2.45, 2.75) is 0 Å². The Kier molecular flexibility index (Phi) is 1.76. The molecule has 0 aliphatic carbocycles. The normalized spacial score (nSPS) is 11.0. The number of aryl methyl sites for hydroxylation is 1. The summed E-state index contributed by atoms with van der Waals surface area (Å²) >= 11 is 3.04. The SMILES string of the molecule is Cn1c(=O)[nH]c2cc(Br)c(F)cc21. The standard InChI is InChI=1S/C8H6BrFN2O/c1-12-7-3-5(10)4(9)2-6(7)11-8(12)13/h2-3H,1H3,(H,11,13). The molecule has 1 aromatic carbocycles. The molecule has 0 amide bonds. The lowest BCUT2D eigenvalue weighted by Crippen LogP contribution is -2.11. The summed E-state index contributed by atoms with van der Waals surface area (Å²) in [7, 11) is 1.59. The lowest BCUT2D eigenvalue weighted by Gasteiger charge is -1.95. The zero-order valence-corrected chi connectivity index (χ0v) is 8.35. The molecule has 68 valence electrons. The molecule has 0 radical (unpaired) electrons. The maximum absolute atomic E-state index is 13.1. The fourth-order valence-electron chi connectivity index (χ4n) is 1.22. The van der Waals surface area contributed by atoms with Crippen molar-refractivity contribution in [2.75, 3.05) is 0 Å². The Hall–Kier alpha value is -1.10. The fourth-order valence-corrected chi connectivity index (χ4v) is 1.57. The van der Waals surface area contributed by atoms with Gasteiger partial charge in [-0.15, -0.1) is 0 Å². The van der Waals surface area contributed by atoms with Crippen molar-refractivity contribution < 1.29 is 4.39 Å². The summed E-state index contributed by atoms with van der Waals surface area (Å²) < 4.78 is 14.8. The summed E-state index contributed by atoms with van der Waals surface area (Å²) in [4.78, 5) is 13.7. The molecular formula is C8H6BrFN2O. The van der Waals surface area contributed by atoms with Crippen molar-refractivity contribution in [2.24, 2.45) is 7.05 Å². The lowest BCUT2D eigenvalue weighted by atomic mass is 10.3. The van der Waals surface area contributed by atoms with E-state index < -0.39 is 0 Å². The van der Waals surface area contributed by atoms with Gasteiger partial charge in [-0.25, -0.2) is 9.18 Å². The third-order valence-corrected chi connectivity index (χ3v) is 2.55. The Labute approximate surface area is 81.3 Å². The first kappa shape index (κ1) is 8.50. The molecule has 0 saturated carbocycles. The van der Waals surface area contributed by atoms with Crippen molar-refractivity contribution in [3.8, 4) is 0 Å². The Balaban J connectivity index is 2.97. The van der Waals surface area contributed by atoms with E-state index in [1.165, 1.54) is 10.6 Å². The van der Waals surface area contributed by atoms with E-state index in [-0.39, 0.29) is 11.5 Å². The highest BCUT2D eigenvalue weighted by atomic mass is 79.9. The molecule has 3 nitrogen and oxygen atoms in total. The van der Waals surface area contributed by atoms with E-state index in [0.29, 0.717) is 15.5 Å². The van der Waals surface area contributed by atoms with Crippen LogP contribution < -0.4 is 5.69 Å². The molecule has 2 aromatic rings. The molecule has 5 heteroatoms. The van der Waals surface area contributed by atoms with Crippen molar-refractivity contribution in [1.29, 1.82) is 0 Å². The van der Waals surface area contributed by atoms with Crippen LogP contribution in [-0.4, -0.2) is 9.55 Å². The van der Waals surface area contributed by atoms with Gasteiger partial charge in [0.25, 0.3) is 0 Å². The summed E-state index contributed by atoms with van der Waals surface area (Å²) in [6.45, 7) is 0. The van der Waals surface area contributed by atoms with Crippen LogP contribution >= 0.6 is 15.9 Å².